The normalized spacial score (nSPS) is 10.9. The maximum Gasteiger partial charge on any atom is 0.196 e. The molecular weight excluding hydrogens is 414 g/mol. The first kappa shape index (κ1) is 18.9. The highest BCUT2D eigenvalue weighted by molar-refractivity contribution is 7.98. The third kappa shape index (κ3) is 4.19. The van der Waals surface area contributed by atoms with Crippen molar-refractivity contribution in [3.05, 3.63) is 76.0 Å². The molecule has 0 saturated heterocycles. The van der Waals surface area contributed by atoms with Crippen molar-refractivity contribution in [1.82, 2.24) is 24.4 Å². The number of hydrogen-bond donors (Lipinski definition) is 0. The van der Waals surface area contributed by atoms with Crippen LogP contribution in [0, 0.1) is 6.92 Å². The molecule has 0 atom stereocenters. The molecule has 2 heterocycles. The molecule has 142 valence electrons. The molecule has 0 aliphatic carbocycles. The fraction of sp³-hybridized carbons (Fsp3) is 0.158. The molecular formula is C19H16ClN5OS2. The Morgan fingerprint density at radius 3 is 2.57 bits per heavy atom. The van der Waals surface area contributed by atoms with Crippen LogP contribution < -0.4 is 4.74 Å². The second kappa shape index (κ2) is 8.72. The Morgan fingerprint density at radius 2 is 1.82 bits per heavy atom. The first-order valence-electron chi connectivity index (χ1n) is 8.50. The van der Waals surface area contributed by atoms with E-state index in [1.54, 1.807) is 0 Å². The highest BCUT2D eigenvalue weighted by atomic mass is 35.5. The van der Waals surface area contributed by atoms with Gasteiger partial charge in [-0.2, -0.15) is 0 Å². The van der Waals surface area contributed by atoms with Crippen molar-refractivity contribution in [1.29, 1.82) is 0 Å². The average molecular weight is 430 g/mol. The van der Waals surface area contributed by atoms with E-state index in [0.717, 1.165) is 33.7 Å². The highest BCUT2D eigenvalue weighted by Gasteiger charge is 2.17. The largest absolute Gasteiger partial charge is 0.485 e. The third-order valence-electron chi connectivity index (χ3n) is 4.01. The van der Waals surface area contributed by atoms with Gasteiger partial charge in [0.25, 0.3) is 0 Å². The monoisotopic (exact) mass is 429 g/mol. The molecule has 4 aromatic rings. The molecule has 6 nitrogen and oxygen atoms in total. The molecule has 0 bridgehead atoms. The van der Waals surface area contributed by atoms with E-state index in [1.807, 2.05) is 66.1 Å². The molecule has 0 radical (unpaired) electrons. The Labute approximate surface area is 175 Å². The van der Waals surface area contributed by atoms with Crippen LogP contribution in [0.15, 0.2) is 59.8 Å². The fourth-order valence-electron chi connectivity index (χ4n) is 2.60. The summed E-state index contributed by atoms with van der Waals surface area (Å²) in [7, 11) is 0. The number of thioether (sulfide) groups is 1. The zero-order chi connectivity index (χ0) is 19.3. The Bertz CT molecular complexity index is 1070. The van der Waals surface area contributed by atoms with Gasteiger partial charge in [-0.25, -0.2) is 0 Å². The van der Waals surface area contributed by atoms with E-state index in [0.29, 0.717) is 16.7 Å². The number of nitrogens with zero attached hydrogens (tertiary/aromatic N) is 5. The smallest absolute Gasteiger partial charge is 0.196 e. The topological polar surface area (TPSA) is 65.7 Å². The molecule has 0 unspecified atom stereocenters. The molecule has 0 spiro atoms. The summed E-state index contributed by atoms with van der Waals surface area (Å²) in [6, 6.07) is 17.9. The molecule has 0 aliphatic rings. The van der Waals surface area contributed by atoms with Crippen LogP contribution in [0.3, 0.4) is 0 Å². The number of ether oxygens (including phenoxy) is 1. The van der Waals surface area contributed by atoms with Gasteiger partial charge in [0.05, 0.1) is 0 Å². The number of para-hydroxylation sites is 2. The minimum Gasteiger partial charge on any atom is -0.485 e. The van der Waals surface area contributed by atoms with Gasteiger partial charge in [0.1, 0.15) is 22.4 Å². The summed E-state index contributed by atoms with van der Waals surface area (Å²) >= 11 is 8.81. The number of benzene rings is 2. The maximum atomic E-state index is 6.12. The van der Waals surface area contributed by atoms with E-state index >= 15 is 0 Å². The third-order valence-corrected chi connectivity index (χ3v) is 5.94. The van der Waals surface area contributed by atoms with Crippen LogP contribution in [0.1, 0.15) is 17.1 Å². The zero-order valence-electron chi connectivity index (χ0n) is 14.9. The van der Waals surface area contributed by atoms with Crippen molar-refractivity contribution in [3.8, 4) is 11.4 Å². The minimum absolute atomic E-state index is 0.312. The van der Waals surface area contributed by atoms with Crippen LogP contribution in [0.4, 0.5) is 0 Å². The van der Waals surface area contributed by atoms with E-state index < -0.39 is 0 Å². The van der Waals surface area contributed by atoms with Crippen LogP contribution in [-0.4, -0.2) is 24.4 Å². The number of hydrogen-bond acceptors (Lipinski definition) is 7. The van der Waals surface area contributed by atoms with Crippen molar-refractivity contribution in [3.63, 3.8) is 0 Å². The fourth-order valence-corrected chi connectivity index (χ4v) is 4.30. The molecule has 0 aliphatic heterocycles. The van der Waals surface area contributed by atoms with Gasteiger partial charge in [-0.3, -0.25) is 4.57 Å². The molecule has 0 saturated carbocycles. The molecule has 9 heteroatoms. The van der Waals surface area contributed by atoms with Crippen LogP contribution in [0.2, 0.25) is 4.34 Å². The SMILES string of the molecule is Cc1ccccc1OCc1nnc(SCc2nnsc2Cl)n1-c1ccccc1. The first-order valence-corrected chi connectivity index (χ1v) is 10.6. The van der Waals surface area contributed by atoms with Crippen LogP contribution >= 0.6 is 34.9 Å². The summed E-state index contributed by atoms with van der Waals surface area (Å²) in [5, 5.41) is 13.5. The standard InChI is InChI=1S/C19H16ClN5OS2/c1-13-7-5-6-10-16(13)26-11-17-22-23-19(25(17)14-8-3-2-4-9-14)27-12-15-18(20)28-24-21-15/h2-10H,11-12H2,1H3. The van der Waals surface area contributed by atoms with Gasteiger partial charge in [0.2, 0.25) is 0 Å². The summed E-state index contributed by atoms with van der Waals surface area (Å²) < 4.78 is 12.5. The van der Waals surface area contributed by atoms with Crippen molar-refractivity contribution in [2.24, 2.45) is 0 Å². The summed E-state index contributed by atoms with van der Waals surface area (Å²) in [6.07, 6.45) is 0. The van der Waals surface area contributed by atoms with Gasteiger partial charge >= 0.3 is 0 Å². The molecule has 0 amide bonds. The number of rotatable bonds is 7. The average Bonchev–Trinajstić information content (AvgIpc) is 3.32. The van der Waals surface area contributed by atoms with Gasteiger partial charge < -0.3 is 4.74 Å². The van der Waals surface area contributed by atoms with Gasteiger partial charge in [0.15, 0.2) is 11.0 Å². The Morgan fingerprint density at radius 1 is 1.04 bits per heavy atom. The molecule has 2 aromatic heterocycles. The molecule has 4 rings (SSSR count). The van der Waals surface area contributed by atoms with E-state index in [-0.39, 0.29) is 0 Å². The maximum absolute atomic E-state index is 6.12. The van der Waals surface area contributed by atoms with E-state index in [4.69, 9.17) is 16.3 Å². The van der Waals surface area contributed by atoms with Crippen LogP contribution in [0.25, 0.3) is 5.69 Å². The van der Waals surface area contributed by atoms with Gasteiger partial charge in [-0.05, 0) is 30.7 Å². The second-order valence-electron chi connectivity index (χ2n) is 5.91. The summed E-state index contributed by atoms with van der Waals surface area (Å²) in [4.78, 5) is 0. The zero-order valence-corrected chi connectivity index (χ0v) is 17.3. The summed E-state index contributed by atoms with van der Waals surface area (Å²) in [5.41, 5.74) is 2.80. The van der Waals surface area contributed by atoms with Crippen LogP contribution in [-0.2, 0) is 12.4 Å². The van der Waals surface area contributed by atoms with Gasteiger partial charge in [0, 0.05) is 23.0 Å². The quantitative estimate of drug-likeness (QED) is 0.387. The summed E-state index contributed by atoms with van der Waals surface area (Å²) in [5.74, 6) is 2.12. The Balaban J connectivity index is 1.60. The van der Waals surface area contributed by atoms with Gasteiger partial charge in [-0.1, -0.05) is 64.2 Å². The number of aromatic nitrogens is 5. The van der Waals surface area contributed by atoms with E-state index in [9.17, 15) is 0 Å². The highest BCUT2D eigenvalue weighted by Crippen LogP contribution is 2.29. The molecule has 0 fully saturated rings. The lowest BCUT2D eigenvalue weighted by Gasteiger charge is -2.12. The van der Waals surface area contributed by atoms with Crippen LogP contribution in [0.5, 0.6) is 5.75 Å². The van der Waals surface area contributed by atoms with Crippen molar-refractivity contribution < 1.29 is 4.74 Å². The minimum atomic E-state index is 0.312. The Hall–Kier alpha value is -2.42. The van der Waals surface area contributed by atoms with Crippen molar-refractivity contribution >= 4 is 34.9 Å². The molecule has 28 heavy (non-hydrogen) atoms. The Kier molecular flexibility index (Phi) is 5.90. The summed E-state index contributed by atoms with van der Waals surface area (Å²) in [6.45, 7) is 2.33. The first-order chi connectivity index (χ1) is 13.7. The van der Waals surface area contributed by atoms with E-state index in [2.05, 4.69) is 19.8 Å². The molecule has 0 N–H and O–H groups in total. The second-order valence-corrected chi connectivity index (χ2v) is 8.20. The van der Waals surface area contributed by atoms with Gasteiger partial charge in [-0.15, -0.1) is 15.3 Å². The lowest BCUT2D eigenvalue weighted by atomic mass is 10.2. The lowest BCUT2D eigenvalue weighted by Crippen LogP contribution is -2.07. The van der Waals surface area contributed by atoms with Crippen molar-refractivity contribution in [2.75, 3.05) is 0 Å². The van der Waals surface area contributed by atoms with Crippen molar-refractivity contribution in [2.45, 2.75) is 24.4 Å². The predicted octanol–water partition coefficient (Wildman–Crippen LogP) is 4.95. The molecule has 2 aromatic carbocycles. The number of halogens is 1. The predicted molar refractivity (Wildman–Crippen MR) is 111 cm³/mol. The van der Waals surface area contributed by atoms with E-state index in [1.165, 1.54) is 23.3 Å². The number of aryl methyl sites for hydroxylation is 1. The lowest BCUT2D eigenvalue weighted by molar-refractivity contribution is 0.291.